The third-order valence-electron chi connectivity index (χ3n) is 5.93. The quantitative estimate of drug-likeness (QED) is 0.381. The number of rotatable bonds is 8. The van der Waals surface area contributed by atoms with E-state index in [4.69, 9.17) is 9.72 Å². The minimum atomic E-state index is -0.341. The molecular formula is C25H26N6O2. The van der Waals surface area contributed by atoms with Gasteiger partial charge in [0.1, 0.15) is 11.6 Å². The predicted molar refractivity (Wildman–Crippen MR) is 127 cm³/mol. The number of fused-ring (bicyclic) bond motifs is 1. The highest BCUT2D eigenvalue weighted by molar-refractivity contribution is 5.94. The zero-order chi connectivity index (χ0) is 22.8. The van der Waals surface area contributed by atoms with Crippen LogP contribution < -0.4 is 15.4 Å². The van der Waals surface area contributed by atoms with Gasteiger partial charge in [0.15, 0.2) is 0 Å². The molecule has 0 saturated heterocycles. The zero-order valence-corrected chi connectivity index (χ0v) is 18.6. The molecule has 3 aromatic heterocycles. The van der Waals surface area contributed by atoms with E-state index in [0.717, 1.165) is 46.6 Å². The standard InChI is InChI=1S/C25H26N6O2/c1-26-22-12-21(29-24(31-22)15-7-8-15)20(11-17-14-27-19-6-4-3-5-18(17)19)30-25(32)16-9-10-23(33-2)28-13-16/h3-6,9-10,12-15,20,27H,7-8,11H2,1-2H3,(H,30,32)(H,26,29,31)/t20-/m1/s1. The molecule has 4 aromatic rings. The molecule has 0 aliphatic heterocycles. The summed E-state index contributed by atoms with van der Waals surface area (Å²) in [5, 5.41) is 7.45. The van der Waals surface area contributed by atoms with Crippen molar-refractivity contribution in [1.29, 1.82) is 0 Å². The monoisotopic (exact) mass is 442 g/mol. The number of H-pyrrole nitrogens is 1. The first-order valence-corrected chi connectivity index (χ1v) is 11.1. The number of amides is 1. The van der Waals surface area contributed by atoms with Gasteiger partial charge in [-0.15, -0.1) is 0 Å². The summed E-state index contributed by atoms with van der Waals surface area (Å²) in [5.74, 6) is 2.23. The van der Waals surface area contributed by atoms with Crippen LogP contribution in [0.2, 0.25) is 0 Å². The molecule has 8 heteroatoms. The van der Waals surface area contributed by atoms with Gasteiger partial charge in [0.05, 0.1) is 24.4 Å². The number of para-hydroxylation sites is 1. The van der Waals surface area contributed by atoms with E-state index in [1.165, 1.54) is 6.20 Å². The minimum Gasteiger partial charge on any atom is -0.481 e. The molecule has 0 radical (unpaired) electrons. The molecule has 1 aliphatic rings. The highest BCUT2D eigenvalue weighted by Gasteiger charge is 2.29. The number of nitrogens with zero attached hydrogens (tertiary/aromatic N) is 3. The number of carbonyl (C=O) groups excluding carboxylic acids is 1. The second-order valence-corrected chi connectivity index (χ2v) is 8.24. The van der Waals surface area contributed by atoms with Crippen molar-refractivity contribution in [1.82, 2.24) is 25.3 Å². The minimum absolute atomic E-state index is 0.215. The van der Waals surface area contributed by atoms with E-state index in [9.17, 15) is 4.79 Å². The number of methoxy groups -OCH3 is 1. The van der Waals surface area contributed by atoms with Crippen LogP contribution in [-0.4, -0.2) is 40.0 Å². The van der Waals surface area contributed by atoms with Crippen LogP contribution in [0.25, 0.3) is 10.9 Å². The molecule has 1 saturated carbocycles. The van der Waals surface area contributed by atoms with E-state index in [1.54, 1.807) is 19.2 Å². The molecule has 8 nitrogen and oxygen atoms in total. The second kappa shape index (κ2) is 8.90. The van der Waals surface area contributed by atoms with Crippen LogP contribution in [0.15, 0.2) is 54.9 Å². The van der Waals surface area contributed by atoms with Gasteiger partial charge < -0.3 is 20.4 Å². The number of pyridine rings is 1. The number of hydrogen-bond acceptors (Lipinski definition) is 6. The van der Waals surface area contributed by atoms with Crippen LogP contribution in [0.4, 0.5) is 5.82 Å². The number of benzene rings is 1. The molecule has 1 amide bonds. The fourth-order valence-corrected chi connectivity index (χ4v) is 3.94. The summed E-state index contributed by atoms with van der Waals surface area (Å²) in [6.07, 6.45) is 6.31. The summed E-state index contributed by atoms with van der Waals surface area (Å²) in [4.78, 5) is 30.1. The lowest BCUT2D eigenvalue weighted by atomic mass is 10.0. The van der Waals surface area contributed by atoms with E-state index < -0.39 is 0 Å². The van der Waals surface area contributed by atoms with Gasteiger partial charge in [-0.1, -0.05) is 18.2 Å². The number of nitrogens with one attached hydrogen (secondary N) is 3. The van der Waals surface area contributed by atoms with Crippen molar-refractivity contribution >= 4 is 22.6 Å². The lowest BCUT2D eigenvalue weighted by Gasteiger charge is -2.20. The number of aromatic nitrogens is 4. The van der Waals surface area contributed by atoms with Crippen LogP contribution in [-0.2, 0) is 6.42 Å². The van der Waals surface area contributed by atoms with Gasteiger partial charge in [-0.2, -0.15) is 0 Å². The Morgan fingerprint density at radius 1 is 1.21 bits per heavy atom. The highest BCUT2D eigenvalue weighted by Crippen LogP contribution is 2.39. The number of anilines is 1. The lowest BCUT2D eigenvalue weighted by Crippen LogP contribution is -2.31. The molecule has 1 fully saturated rings. The maximum Gasteiger partial charge on any atom is 0.253 e. The van der Waals surface area contributed by atoms with Crippen LogP contribution in [0.5, 0.6) is 5.88 Å². The number of carbonyl (C=O) groups is 1. The summed E-state index contributed by atoms with van der Waals surface area (Å²) < 4.78 is 5.11. The predicted octanol–water partition coefficient (Wildman–Crippen LogP) is 3.99. The van der Waals surface area contributed by atoms with Crippen molar-refractivity contribution in [2.24, 2.45) is 0 Å². The van der Waals surface area contributed by atoms with Crippen LogP contribution in [0, 0.1) is 0 Å². The van der Waals surface area contributed by atoms with E-state index in [-0.39, 0.29) is 11.9 Å². The average Bonchev–Trinajstić information content (AvgIpc) is 3.64. The van der Waals surface area contributed by atoms with E-state index in [0.29, 0.717) is 23.8 Å². The first-order valence-electron chi connectivity index (χ1n) is 11.1. The molecule has 5 rings (SSSR count). The summed E-state index contributed by atoms with van der Waals surface area (Å²) in [6, 6.07) is 13.1. The van der Waals surface area contributed by atoms with Crippen molar-refractivity contribution in [3.63, 3.8) is 0 Å². The third kappa shape index (κ3) is 4.50. The summed E-state index contributed by atoms with van der Waals surface area (Å²) in [6.45, 7) is 0. The fraction of sp³-hybridized carbons (Fsp3) is 0.280. The summed E-state index contributed by atoms with van der Waals surface area (Å²) in [7, 11) is 3.39. The molecule has 1 aromatic carbocycles. The van der Waals surface area contributed by atoms with Crippen molar-refractivity contribution in [2.45, 2.75) is 31.2 Å². The van der Waals surface area contributed by atoms with Crippen molar-refractivity contribution in [2.75, 3.05) is 19.5 Å². The number of hydrogen-bond donors (Lipinski definition) is 3. The third-order valence-corrected chi connectivity index (χ3v) is 5.93. The molecule has 0 bridgehead atoms. The van der Waals surface area contributed by atoms with Crippen molar-refractivity contribution in [3.8, 4) is 5.88 Å². The van der Waals surface area contributed by atoms with E-state index >= 15 is 0 Å². The average molecular weight is 443 g/mol. The van der Waals surface area contributed by atoms with Gasteiger partial charge in [0.25, 0.3) is 5.91 Å². The molecule has 0 unspecified atom stereocenters. The van der Waals surface area contributed by atoms with Crippen LogP contribution >= 0.6 is 0 Å². The van der Waals surface area contributed by atoms with Gasteiger partial charge in [0, 0.05) is 54.8 Å². The smallest absolute Gasteiger partial charge is 0.253 e. The van der Waals surface area contributed by atoms with E-state index in [2.05, 4.69) is 31.7 Å². The Morgan fingerprint density at radius 3 is 2.79 bits per heavy atom. The Bertz CT molecular complexity index is 1280. The van der Waals surface area contributed by atoms with Gasteiger partial charge in [-0.25, -0.2) is 15.0 Å². The first kappa shape index (κ1) is 20.9. The maximum atomic E-state index is 13.1. The molecular weight excluding hydrogens is 416 g/mol. The first-order chi connectivity index (χ1) is 16.1. The van der Waals surface area contributed by atoms with Crippen molar-refractivity contribution < 1.29 is 9.53 Å². The second-order valence-electron chi connectivity index (χ2n) is 8.24. The Balaban J connectivity index is 1.50. The van der Waals surface area contributed by atoms with Gasteiger partial charge >= 0.3 is 0 Å². The molecule has 3 N–H and O–H groups in total. The molecule has 1 aliphatic carbocycles. The number of aromatic amines is 1. The van der Waals surface area contributed by atoms with Crippen LogP contribution in [0.1, 0.15) is 52.2 Å². The molecule has 168 valence electrons. The van der Waals surface area contributed by atoms with Gasteiger partial charge in [-0.3, -0.25) is 4.79 Å². The largest absolute Gasteiger partial charge is 0.481 e. The lowest BCUT2D eigenvalue weighted by molar-refractivity contribution is 0.0935. The highest BCUT2D eigenvalue weighted by atomic mass is 16.5. The number of ether oxygens (including phenoxy) is 1. The fourth-order valence-electron chi connectivity index (χ4n) is 3.94. The SMILES string of the molecule is CNc1cc([C@@H](Cc2c[nH]c3ccccc23)NC(=O)c2ccc(OC)nc2)nc(C2CC2)n1. The summed E-state index contributed by atoms with van der Waals surface area (Å²) in [5.41, 5.74) is 3.43. The molecule has 3 heterocycles. The Hall–Kier alpha value is -3.94. The van der Waals surface area contributed by atoms with Gasteiger partial charge in [-0.05, 0) is 30.5 Å². The molecule has 33 heavy (non-hydrogen) atoms. The molecule has 0 spiro atoms. The Kier molecular flexibility index (Phi) is 5.64. The van der Waals surface area contributed by atoms with Gasteiger partial charge in [0.2, 0.25) is 5.88 Å². The topological polar surface area (TPSA) is 105 Å². The van der Waals surface area contributed by atoms with Crippen molar-refractivity contribution in [3.05, 3.63) is 77.5 Å². The maximum absolute atomic E-state index is 13.1. The Morgan fingerprint density at radius 2 is 2.06 bits per heavy atom. The normalized spacial score (nSPS) is 14.1. The Labute approximate surface area is 191 Å². The zero-order valence-electron chi connectivity index (χ0n) is 18.6. The van der Waals surface area contributed by atoms with Crippen LogP contribution in [0.3, 0.4) is 0 Å². The molecule has 1 atom stereocenters. The summed E-state index contributed by atoms with van der Waals surface area (Å²) >= 11 is 0. The van der Waals surface area contributed by atoms with E-state index in [1.807, 2.05) is 37.5 Å².